The summed E-state index contributed by atoms with van der Waals surface area (Å²) in [6, 6.07) is 6.59. The number of halogens is 1. The molecule has 1 heterocycles. The molecule has 2 aromatic rings. The van der Waals surface area contributed by atoms with E-state index in [-0.39, 0.29) is 11.4 Å². The van der Waals surface area contributed by atoms with E-state index in [0.29, 0.717) is 5.88 Å². The number of nitrogen functional groups attached to an aromatic ring is 1. The molecule has 3 N–H and O–H groups in total. The molecule has 0 radical (unpaired) electrons. The molecular formula is C12H12FN3O3S. The maximum atomic E-state index is 13.6. The molecule has 0 saturated heterocycles. The number of nitrogens with one attached hydrogen (secondary N) is 1. The van der Waals surface area contributed by atoms with E-state index in [0.717, 1.165) is 6.07 Å². The van der Waals surface area contributed by atoms with Crippen LogP contribution in [0.4, 0.5) is 15.8 Å². The number of anilines is 2. The van der Waals surface area contributed by atoms with Crippen LogP contribution in [-0.4, -0.2) is 20.5 Å². The highest BCUT2D eigenvalue weighted by Gasteiger charge is 2.22. The quantitative estimate of drug-likeness (QED) is 0.836. The van der Waals surface area contributed by atoms with Gasteiger partial charge in [-0.1, -0.05) is 6.07 Å². The molecule has 2 rings (SSSR count). The smallest absolute Gasteiger partial charge is 0.266 e. The molecule has 1 aromatic heterocycles. The topological polar surface area (TPSA) is 94.3 Å². The van der Waals surface area contributed by atoms with Crippen molar-refractivity contribution in [2.24, 2.45) is 0 Å². The zero-order valence-electron chi connectivity index (χ0n) is 10.5. The Morgan fingerprint density at radius 2 is 2.05 bits per heavy atom. The first-order valence-corrected chi connectivity index (χ1v) is 6.99. The van der Waals surface area contributed by atoms with Crippen LogP contribution < -0.4 is 15.2 Å². The van der Waals surface area contributed by atoms with Crippen molar-refractivity contribution in [1.82, 2.24) is 4.98 Å². The van der Waals surface area contributed by atoms with Crippen molar-refractivity contribution in [2.45, 2.75) is 4.90 Å². The fourth-order valence-electron chi connectivity index (χ4n) is 1.58. The summed E-state index contributed by atoms with van der Waals surface area (Å²) in [5.74, 6) is -0.586. The predicted molar refractivity (Wildman–Crippen MR) is 72.4 cm³/mol. The number of rotatable bonds is 4. The van der Waals surface area contributed by atoms with Gasteiger partial charge >= 0.3 is 0 Å². The Bertz CT molecular complexity index is 697. The lowest BCUT2D eigenvalue weighted by atomic mass is 10.3. The van der Waals surface area contributed by atoms with Crippen molar-refractivity contribution in [3.05, 3.63) is 42.3 Å². The highest BCUT2D eigenvalue weighted by molar-refractivity contribution is 7.92. The average Bonchev–Trinajstić information content (AvgIpc) is 2.38. The molecule has 0 spiro atoms. The Kier molecular flexibility index (Phi) is 3.75. The van der Waals surface area contributed by atoms with Crippen LogP contribution in [0.3, 0.4) is 0 Å². The fraction of sp³-hybridized carbons (Fsp3) is 0.0833. The molecule has 0 fully saturated rings. The third kappa shape index (κ3) is 2.80. The van der Waals surface area contributed by atoms with Crippen molar-refractivity contribution in [3.8, 4) is 5.88 Å². The number of methoxy groups -OCH3 is 1. The van der Waals surface area contributed by atoms with E-state index >= 15 is 0 Å². The molecule has 106 valence electrons. The summed E-state index contributed by atoms with van der Waals surface area (Å²) < 4.78 is 44.9. The standard InChI is InChI=1S/C12H12FN3O3S/c1-19-11-6-5-8(7-15-11)16-20(17,18)12-9(13)3-2-4-10(12)14/h2-7,16H,14H2,1H3. The Morgan fingerprint density at radius 3 is 2.60 bits per heavy atom. The number of aromatic nitrogens is 1. The average molecular weight is 297 g/mol. The van der Waals surface area contributed by atoms with E-state index in [1.165, 1.54) is 37.6 Å². The second kappa shape index (κ2) is 5.33. The Labute approximate surface area is 115 Å². The van der Waals surface area contributed by atoms with Gasteiger partial charge in [0.1, 0.15) is 10.7 Å². The van der Waals surface area contributed by atoms with Gasteiger partial charge in [0, 0.05) is 6.07 Å². The van der Waals surface area contributed by atoms with Gasteiger partial charge in [-0.15, -0.1) is 0 Å². The van der Waals surface area contributed by atoms with Crippen LogP contribution in [0.5, 0.6) is 5.88 Å². The Hall–Kier alpha value is -2.35. The Balaban J connectivity index is 2.35. The zero-order chi connectivity index (χ0) is 14.8. The van der Waals surface area contributed by atoms with Gasteiger partial charge in [0.15, 0.2) is 0 Å². The molecule has 0 bridgehead atoms. The number of pyridine rings is 1. The summed E-state index contributed by atoms with van der Waals surface area (Å²) in [6.45, 7) is 0. The van der Waals surface area contributed by atoms with E-state index < -0.39 is 20.7 Å². The van der Waals surface area contributed by atoms with Gasteiger partial charge in [-0.25, -0.2) is 17.8 Å². The van der Waals surface area contributed by atoms with Crippen LogP contribution in [0.15, 0.2) is 41.4 Å². The van der Waals surface area contributed by atoms with Crippen LogP contribution in [0.25, 0.3) is 0 Å². The first kappa shape index (κ1) is 14.1. The lowest BCUT2D eigenvalue weighted by molar-refractivity contribution is 0.398. The number of hydrogen-bond donors (Lipinski definition) is 2. The van der Waals surface area contributed by atoms with Gasteiger partial charge in [-0.05, 0) is 18.2 Å². The van der Waals surface area contributed by atoms with E-state index in [1.807, 2.05) is 0 Å². The summed E-state index contributed by atoms with van der Waals surface area (Å²) in [5.41, 5.74) is 5.52. The molecule has 0 unspecified atom stereocenters. The van der Waals surface area contributed by atoms with E-state index in [2.05, 4.69) is 9.71 Å². The second-order valence-electron chi connectivity index (χ2n) is 3.85. The third-order valence-corrected chi connectivity index (χ3v) is 3.94. The maximum Gasteiger partial charge on any atom is 0.266 e. The van der Waals surface area contributed by atoms with E-state index in [4.69, 9.17) is 10.5 Å². The molecule has 0 amide bonds. The predicted octanol–water partition coefficient (Wildman–Crippen LogP) is 1.61. The highest BCUT2D eigenvalue weighted by Crippen LogP contribution is 2.24. The van der Waals surface area contributed by atoms with Crippen molar-refractivity contribution in [3.63, 3.8) is 0 Å². The van der Waals surface area contributed by atoms with Gasteiger partial charge in [-0.3, -0.25) is 4.72 Å². The van der Waals surface area contributed by atoms with E-state index in [9.17, 15) is 12.8 Å². The van der Waals surface area contributed by atoms with Crippen molar-refractivity contribution in [2.75, 3.05) is 17.6 Å². The van der Waals surface area contributed by atoms with Gasteiger partial charge in [0.25, 0.3) is 10.0 Å². The third-order valence-electron chi connectivity index (χ3n) is 2.46. The minimum absolute atomic E-state index is 0.168. The lowest BCUT2D eigenvalue weighted by Crippen LogP contribution is -2.16. The minimum Gasteiger partial charge on any atom is -0.481 e. The lowest BCUT2D eigenvalue weighted by Gasteiger charge is -2.10. The Morgan fingerprint density at radius 1 is 1.30 bits per heavy atom. The molecule has 0 saturated carbocycles. The number of ether oxygens (including phenoxy) is 1. The van der Waals surface area contributed by atoms with Crippen LogP contribution in [0, 0.1) is 5.82 Å². The summed E-state index contributed by atoms with van der Waals surface area (Å²) in [6.07, 6.45) is 1.26. The summed E-state index contributed by atoms with van der Waals surface area (Å²) in [7, 11) is -2.69. The summed E-state index contributed by atoms with van der Waals surface area (Å²) in [5, 5.41) is 0. The van der Waals surface area contributed by atoms with Gasteiger partial charge in [-0.2, -0.15) is 0 Å². The first-order valence-electron chi connectivity index (χ1n) is 5.51. The molecule has 0 aliphatic rings. The first-order chi connectivity index (χ1) is 9.44. The molecule has 0 aliphatic carbocycles. The minimum atomic E-state index is -4.13. The highest BCUT2D eigenvalue weighted by atomic mass is 32.2. The molecule has 6 nitrogen and oxygen atoms in total. The van der Waals surface area contributed by atoms with Crippen LogP contribution >= 0.6 is 0 Å². The number of nitrogens with two attached hydrogens (primary N) is 1. The van der Waals surface area contributed by atoms with Crippen molar-refractivity contribution in [1.29, 1.82) is 0 Å². The molecule has 0 atom stereocenters. The monoisotopic (exact) mass is 297 g/mol. The second-order valence-corrected chi connectivity index (χ2v) is 5.47. The largest absolute Gasteiger partial charge is 0.481 e. The fourth-order valence-corrected chi connectivity index (χ4v) is 2.81. The van der Waals surface area contributed by atoms with Gasteiger partial charge < -0.3 is 10.5 Å². The zero-order valence-corrected chi connectivity index (χ0v) is 11.3. The maximum absolute atomic E-state index is 13.6. The van der Waals surface area contributed by atoms with Crippen molar-refractivity contribution >= 4 is 21.4 Å². The molecular weight excluding hydrogens is 285 g/mol. The molecule has 0 aliphatic heterocycles. The normalized spacial score (nSPS) is 11.1. The van der Waals surface area contributed by atoms with Crippen LogP contribution in [-0.2, 0) is 10.0 Å². The van der Waals surface area contributed by atoms with Crippen LogP contribution in [0.1, 0.15) is 0 Å². The van der Waals surface area contributed by atoms with Crippen molar-refractivity contribution < 1.29 is 17.5 Å². The SMILES string of the molecule is COc1ccc(NS(=O)(=O)c2c(N)cccc2F)cn1. The molecule has 20 heavy (non-hydrogen) atoms. The molecule has 1 aromatic carbocycles. The van der Waals surface area contributed by atoms with Gasteiger partial charge in [0.2, 0.25) is 5.88 Å². The number of nitrogens with zero attached hydrogens (tertiary/aromatic N) is 1. The van der Waals surface area contributed by atoms with E-state index in [1.54, 1.807) is 0 Å². The number of benzene rings is 1. The summed E-state index contributed by atoms with van der Waals surface area (Å²) >= 11 is 0. The molecule has 8 heteroatoms. The van der Waals surface area contributed by atoms with Crippen LogP contribution in [0.2, 0.25) is 0 Å². The summed E-state index contributed by atoms with van der Waals surface area (Å²) in [4.78, 5) is 3.26. The number of hydrogen-bond acceptors (Lipinski definition) is 5. The van der Waals surface area contributed by atoms with Gasteiger partial charge in [0.05, 0.1) is 24.7 Å². The number of sulfonamides is 1.